The maximum absolute atomic E-state index is 6.11. The Bertz CT molecular complexity index is 881. The first-order chi connectivity index (χ1) is 12.7. The minimum Gasteiger partial charge on any atom is -0.361 e. The predicted octanol–water partition coefficient (Wildman–Crippen LogP) is 2.38. The van der Waals surface area contributed by atoms with Crippen molar-refractivity contribution in [2.45, 2.75) is 26.3 Å². The number of guanidine groups is 1. The number of H-pyrrole nitrogens is 1. The number of nitrogens with zero attached hydrogens (tertiary/aromatic N) is 4. The monoisotopic (exact) mass is 373 g/mol. The molecule has 0 saturated carbocycles. The molecule has 2 aromatic heterocycles. The number of halogens is 1. The van der Waals surface area contributed by atoms with Crippen molar-refractivity contribution in [2.24, 2.45) is 4.99 Å². The number of aromatic amines is 1. The van der Waals surface area contributed by atoms with Crippen LogP contribution in [0.15, 0.2) is 35.7 Å². The zero-order valence-electron chi connectivity index (χ0n) is 15.1. The highest BCUT2D eigenvalue weighted by Gasteiger charge is 2.05. The zero-order chi connectivity index (χ0) is 18.4. The summed E-state index contributed by atoms with van der Waals surface area (Å²) in [5.74, 6) is 1.78. The van der Waals surface area contributed by atoms with Gasteiger partial charge in [-0.1, -0.05) is 18.5 Å². The molecule has 3 rings (SSSR count). The molecular formula is C18H24ClN7. The molecule has 0 aliphatic heterocycles. The van der Waals surface area contributed by atoms with E-state index in [-0.39, 0.29) is 0 Å². The van der Waals surface area contributed by atoms with Gasteiger partial charge in [-0.05, 0) is 30.2 Å². The predicted molar refractivity (Wildman–Crippen MR) is 106 cm³/mol. The van der Waals surface area contributed by atoms with E-state index in [9.17, 15) is 0 Å². The van der Waals surface area contributed by atoms with Gasteiger partial charge in [0.05, 0.1) is 0 Å². The first-order valence-electron chi connectivity index (χ1n) is 8.78. The molecule has 0 saturated heterocycles. The number of hydrogen-bond acceptors (Lipinski definition) is 3. The Morgan fingerprint density at radius 2 is 2.15 bits per heavy atom. The first kappa shape index (κ1) is 18.3. The fourth-order valence-corrected chi connectivity index (χ4v) is 3.10. The quantitative estimate of drug-likeness (QED) is 0.438. The molecule has 0 aliphatic rings. The molecule has 2 heterocycles. The van der Waals surface area contributed by atoms with E-state index >= 15 is 0 Å². The minimum absolute atomic E-state index is 0.754. The van der Waals surface area contributed by atoms with Crippen LogP contribution in [0.25, 0.3) is 10.9 Å². The lowest BCUT2D eigenvalue weighted by Gasteiger charge is -2.12. The Balaban J connectivity index is 1.47. The van der Waals surface area contributed by atoms with Gasteiger partial charge in [0, 0.05) is 55.2 Å². The second-order valence-electron chi connectivity index (χ2n) is 5.97. The molecule has 0 fully saturated rings. The van der Waals surface area contributed by atoms with Gasteiger partial charge in [-0.3, -0.25) is 4.99 Å². The summed E-state index contributed by atoms with van der Waals surface area (Å²) in [6, 6.07) is 5.90. The van der Waals surface area contributed by atoms with Crippen molar-refractivity contribution in [3.05, 3.63) is 47.1 Å². The van der Waals surface area contributed by atoms with E-state index < -0.39 is 0 Å². The summed E-state index contributed by atoms with van der Waals surface area (Å²) in [5, 5.41) is 16.6. The Morgan fingerprint density at radius 3 is 2.96 bits per heavy atom. The maximum atomic E-state index is 6.11. The van der Waals surface area contributed by atoms with Gasteiger partial charge in [0.25, 0.3) is 0 Å². The number of fused-ring (bicyclic) bond motifs is 1. The molecule has 138 valence electrons. The van der Waals surface area contributed by atoms with Crippen LogP contribution in [-0.2, 0) is 19.4 Å². The second kappa shape index (κ2) is 8.71. The van der Waals surface area contributed by atoms with Gasteiger partial charge in [-0.15, -0.1) is 10.2 Å². The van der Waals surface area contributed by atoms with Gasteiger partial charge in [0.15, 0.2) is 5.96 Å². The van der Waals surface area contributed by atoms with Crippen LogP contribution in [0.2, 0.25) is 5.02 Å². The molecule has 0 aliphatic carbocycles. The van der Waals surface area contributed by atoms with Gasteiger partial charge >= 0.3 is 0 Å². The molecule has 3 aromatic rings. The normalized spacial score (nSPS) is 11.9. The molecule has 7 nitrogen and oxygen atoms in total. The van der Waals surface area contributed by atoms with E-state index in [0.29, 0.717) is 0 Å². The van der Waals surface area contributed by atoms with Crippen LogP contribution in [0.5, 0.6) is 0 Å². The van der Waals surface area contributed by atoms with Crippen molar-refractivity contribution in [2.75, 3.05) is 20.1 Å². The van der Waals surface area contributed by atoms with Crippen LogP contribution in [0.1, 0.15) is 18.3 Å². The van der Waals surface area contributed by atoms with Crippen molar-refractivity contribution >= 4 is 28.5 Å². The van der Waals surface area contributed by atoms with E-state index in [1.807, 2.05) is 24.4 Å². The Labute approximate surface area is 157 Å². The molecule has 26 heavy (non-hydrogen) atoms. The molecule has 0 amide bonds. The van der Waals surface area contributed by atoms with E-state index in [2.05, 4.69) is 42.3 Å². The number of benzene rings is 1. The third-order valence-corrected chi connectivity index (χ3v) is 4.53. The number of nitrogens with one attached hydrogen (secondary N) is 3. The molecular weight excluding hydrogens is 350 g/mol. The number of aromatic nitrogens is 4. The van der Waals surface area contributed by atoms with Crippen LogP contribution in [0, 0.1) is 0 Å². The SMILES string of the molecule is CCc1nncn1CCNC(=NC)NCCc1c[nH]c2ccc(Cl)cc12. The zero-order valence-corrected chi connectivity index (χ0v) is 15.8. The average molecular weight is 374 g/mol. The standard InChI is InChI=1S/C18H24ClN7/c1-3-17-25-24-12-26(17)9-8-22-18(20-2)21-7-6-13-11-23-16-5-4-14(19)10-15(13)16/h4-5,10-12,23H,3,6-9H2,1-2H3,(H2,20,21,22). The van der Waals surface area contributed by atoms with E-state index in [1.54, 1.807) is 13.4 Å². The Kier molecular flexibility index (Phi) is 6.12. The number of aryl methyl sites for hydroxylation is 1. The summed E-state index contributed by atoms with van der Waals surface area (Å²) >= 11 is 6.11. The van der Waals surface area contributed by atoms with Crippen molar-refractivity contribution in [3.63, 3.8) is 0 Å². The molecule has 1 aromatic carbocycles. The van der Waals surface area contributed by atoms with Gasteiger partial charge in [-0.2, -0.15) is 0 Å². The maximum Gasteiger partial charge on any atom is 0.191 e. The second-order valence-corrected chi connectivity index (χ2v) is 6.41. The fraction of sp³-hybridized carbons (Fsp3) is 0.389. The molecule has 0 radical (unpaired) electrons. The summed E-state index contributed by atoms with van der Waals surface area (Å²) in [4.78, 5) is 7.55. The number of hydrogen-bond donors (Lipinski definition) is 3. The van der Waals surface area contributed by atoms with E-state index in [4.69, 9.17) is 11.6 Å². The van der Waals surface area contributed by atoms with E-state index in [1.165, 1.54) is 10.9 Å². The van der Waals surface area contributed by atoms with Crippen LogP contribution in [-0.4, -0.2) is 45.8 Å². The van der Waals surface area contributed by atoms with Crippen molar-refractivity contribution < 1.29 is 0 Å². The van der Waals surface area contributed by atoms with Crippen molar-refractivity contribution in [3.8, 4) is 0 Å². The average Bonchev–Trinajstić information content (AvgIpc) is 3.27. The minimum atomic E-state index is 0.754. The summed E-state index contributed by atoms with van der Waals surface area (Å²) in [5.41, 5.74) is 2.34. The lowest BCUT2D eigenvalue weighted by atomic mass is 10.1. The molecule has 8 heteroatoms. The smallest absolute Gasteiger partial charge is 0.191 e. The number of rotatable bonds is 7. The van der Waals surface area contributed by atoms with Gasteiger partial charge in [0.2, 0.25) is 0 Å². The first-order valence-corrected chi connectivity index (χ1v) is 9.15. The molecule has 0 atom stereocenters. The van der Waals surface area contributed by atoms with Crippen LogP contribution < -0.4 is 10.6 Å². The highest BCUT2D eigenvalue weighted by molar-refractivity contribution is 6.31. The highest BCUT2D eigenvalue weighted by atomic mass is 35.5. The molecule has 3 N–H and O–H groups in total. The molecule has 0 spiro atoms. The Morgan fingerprint density at radius 1 is 1.31 bits per heavy atom. The third-order valence-electron chi connectivity index (χ3n) is 4.30. The lowest BCUT2D eigenvalue weighted by Crippen LogP contribution is -2.39. The number of aliphatic imine (C=N–C) groups is 1. The van der Waals surface area contributed by atoms with Crippen LogP contribution >= 0.6 is 11.6 Å². The lowest BCUT2D eigenvalue weighted by molar-refractivity contribution is 0.632. The van der Waals surface area contributed by atoms with Crippen molar-refractivity contribution in [1.82, 2.24) is 30.4 Å². The van der Waals surface area contributed by atoms with Crippen molar-refractivity contribution in [1.29, 1.82) is 0 Å². The molecule has 0 unspecified atom stereocenters. The third kappa shape index (κ3) is 4.35. The largest absolute Gasteiger partial charge is 0.361 e. The summed E-state index contributed by atoms with van der Waals surface area (Å²) in [6.45, 7) is 4.42. The van der Waals surface area contributed by atoms with Gasteiger partial charge < -0.3 is 20.2 Å². The van der Waals surface area contributed by atoms with E-state index in [0.717, 1.165) is 54.8 Å². The van der Waals surface area contributed by atoms with Gasteiger partial charge in [-0.25, -0.2) is 0 Å². The summed E-state index contributed by atoms with van der Waals surface area (Å²) in [6.07, 6.45) is 5.56. The molecule has 0 bridgehead atoms. The Hall–Kier alpha value is -2.54. The summed E-state index contributed by atoms with van der Waals surface area (Å²) < 4.78 is 2.05. The van der Waals surface area contributed by atoms with Gasteiger partial charge in [0.1, 0.15) is 12.2 Å². The fourth-order valence-electron chi connectivity index (χ4n) is 2.93. The van der Waals surface area contributed by atoms with Crippen LogP contribution in [0.3, 0.4) is 0 Å². The topological polar surface area (TPSA) is 82.9 Å². The van der Waals surface area contributed by atoms with Crippen LogP contribution in [0.4, 0.5) is 0 Å². The summed E-state index contributed by atoms with van der Waals surface area (Å²) in [7, 11) is 1.77. The highest BCUT2D eigenvalue weighted by Crippen LogP contribution is 2.22.